The van der Waals surface area contributed by atoms with E-state index in [0.717, 1.165) is 6.42 Å². The fourth-order valence-electron chi connectivity index (χ4n) is 3.86. The first kappa shape index (κ1) is 13.2. The van der Waals surface area contributed by atoms with Crippen molar-refractivity contribution in [2.45, 2.75) is 24.8 Å². The number of benzene rings is 2. The molecule has 0 aliphatic heterocycles. The lowest BCUT2D eigenvalue weighted by Gasteiger charge is -2.55. The van der Waals surface area contributed by atoms with Crippen LogP contribution in [0.4, 0.5) is 0 Å². The van der Waals surface area contributed by atoms with Gasteiger partial charge in [0.05, 0.1) is 0 Å². The molecule has 104 valence electrons. The zero-order chi connectivity index (χ0) is 14.2. The van der Waals surface area contributed by atoms with Gasteiger partial charge in [-0.1, -0.05) is 49.4 Å². The van der Waals surface area contributed by atoms with E-state index in [0.29, 0.717) is 17.7 Å². The van der Waals surface area contributed by atoms with Crippen LogP contribution < -0.4 is 5.32 Å². The molecule has 2 aromatic carbocycles. The summed E-state index contributed by atoms with van der Waals surface area (Å²) in [4.78, 5) is 0. The molecule has 0 amide bonds. The van der Waals surface area contributed by atoms with E-state index in [1.54, 1.807) is 12.1 Å². The zero-order valence-electron chi connectivity index (χ0n) is 12.0. The molecule has 2 nitrogen and oxygen atoms in total. The molecule has 3 unspecified atom stereocenters. The van der Waals surface area contributed by atoms with Crippen LogP contribution in [0.2, 0.25) is 0 Å². The van der Waals surface area contributed by atoms with E-state index in [2.05, 4.69) is 54.7 Å². The van der Waals surface area contributed by atoms with Gasteiger partial charge < -0.3 is 10.4 Å². The lowest BCUT2D eigenvalue weighted by atomic mass is 9.52. The smallest absolute Gasteiger partial charge is 0.115 e. The van der Waals surface area contributed by atoms with Crippen molar-refractivity contribution < 1.29 is 5.11 Å². The van der Waals surface area contributed by atoms with Crippen molar-refractivity contribution in [3.63, 3.8) is 0 Å². The number of nitrogens with one attached hydrogen (secondary N) is 1. The highest BCUT2D eigenvalue weighted by Crippen LogP contribution is 2.52. The third-order valence-electron chi connectivity index (χ3n) is 4.73. The number of rotatable bonds is 3. The Morgan fingerprint density at radius 2 is 1.60 bits per heavy atom. The highest BCUT2D eigenvalue weighted by Gasteiger charge is 2.53. The third kappa shape index (κ3) is 1.83. The molecule has 0 saturated heterocycles. The Morgan fingerprint density at radius 1 is 1.00 bits per heavy atom. The minimum atomic E-state index is 0.0170. The first-order valence-electron chi connectivity index (χ1n) is 7.21. The van der Waals surface area contributed by atoms with E-state index in [1.807, 2.05) is 7.05 Å². The minimum Gasteiger partial charge on any atom is -0.508 e. The van der Waals surface area contributed by atoms with Crippen LogP contribution in [0.5, 0.6) is 5.75 Å². The van der Waals surface area contributed by atoms with Gasteiger partial charge in [-0.3, -0.25) is 0 Å². The Kier molecular flexibility index (Phi) is 3.27. The molecule has 2 N–H and O–H groups in total. The molecular weight excluding hydrogens is 246 g/mol. The lowest BCUT2D eigenvalue weighted by molar-refractivity contribution is 0.122. The Bertz CT molecular complexity index is 578. The number of hydrogen-bond acceptors (Lipinski definition) is 2. The molecular formula is C18H21NO. The maximum Gasteiger partial charge on any atom is 0.115 e. The Morgan fingerprint density at radius 3 is 2.15 bits per heavy atom. The molecule has 0 aromatic heterocycles. The van der Waals surface area contributed by atoms with Gasteiger partial charge >= 0.3 is 0 Å². The fraction of sp³-hybridized carbons (Fsp3) is 0.333. The Hall–Kier alpha value is -1.80. The molecule has 1 fully saturated rings. The number of phenols is 1. The number of aromatic hydroxyl groups is 1. The summed E-state index contributed by atoms with van der Waals surface area (Å²) >= 11 is 0. The minimum absolute atomic E-state index is 0.0170. The van der Waals surface area contributed by atoms with E-state index in [1.165, 1.54) is 11.1 Å². The first-order chi connectivity index (χ1) is 9.68. The molecule has 20 heavy (non-hydrogen) atoms. The predicted molar refractivity (Wildman–Crippen MR) is 82.0 cm³/mol. The van der Waals surface area contributed by atoms with E-state index in [4.69, 9.17) is 0 Å². The topological polar surface area (TPSA) is 32.3 Å². The van der Waals surface area contributed by atoms with Gasteiger partial charge in [-0.25, -0.2) is 0 Å². The van der Waals surface area contributed by atoms with Gasteiger partial charge in [-0.2, -0.15) is 0 Å². The molecule has 0 heterocycles. The van der Waals surface area contributed by atoms with Crippen molar-refractivity contribution >= 4 is 0 Å². The highest BCUT2D eigenvalue weighted by molar-refractivity contribution is 5.46. The molecule has 0 bridgehead atoms. The second-order valence-corrected chi connectivity index (χ2v) is 5.83. The standard InChI is InChI=1S/C18H21NO/c1-13-12-18(17(13)19-2,14-6-4-3-5-7-14)15-8-10-16(20)11-9-15/h3-11,13,17,19-20H,12H2,1-2H3. The van der Waals surface area contributed by atoms with Gasteiger partial charge in [0, 0.05) is 11.5 Å². The van der Waals surface area contributed by atoms with Gasteiger partial charge in [0.2, 0.25) is 0 Å². The normalized spacial score (nSPS) is 28.9. The summed E-state index contributed by atoms with van der Waals surface area (Å²) in [6, 6.07) is 18.8. The van der Waals surface area contributed by atoms with Gasteiger partial charge in [0.25, 0.3) is 0 Å². The summed E-state index contributed by atoms with van der Waals surface area (Å²) < 4.78 is 0. The van der Waals surface area contributed by atoms with E-state index in [9.17, 15) is 5.11 Å². The molecule has 1 aliphatic carbocycles. The van der Waals surface area contributed by atoms with E-state index in [-0.39, 0.29) is 5.41 Å². The fourth-order valence-corrected chi connectivity index (χ4v) is 3.86. The van der Waals surface area contributed by atoms with Crippen LogP contribution in [-0.4, -0.2) is 18.2 Å². The van der Waals surface area contributed by atoms with Crippen LogP contribution in [0, 0.1) is 5.92 Å². The van der Waals surface area contributed by atoms with Crippen LogP contribution in [-0.2, 0) is 5.41 Å². The molecule has 2 heteroatoms. The van der Waals surface area contributed by atoms with Crippen LogP contribution in [0.1, 0.15) is 24.5 Å². The molecule has 2 aromatic rings. The number of likely N-dealkylation sites (N-methyl/N-ethyl adjacent to an activating group) is 1. The lowest BCUT2D eigenvalue weighted by Crippen LogP contribution is -2.61. The van der Waals surface area contributed by atoms with Gasteiger partial charge in [0.15, 0.2) is 0 Å². The number of phenolic OH excluding ortho intramolecular Hbond substituents is 1. The summed E-state index contributed by atoms with van der Waals surface area (Å²) in [6.45, 7) is 2.29. The summed E-state index contributed by atoms with van der Waals surface area (Å²) in [5, 5.41) is 13.0. The maximum atomic E-state index is 9.54. The Balaban J connectivity index is 2.12. The van der Waals surface area contributed by atoms with Crippen molar-refractivity contribution in [3.05, 3.63) is 65.7 Å². The van der Waals surface area contributed by atoms with Crippen LogP contribution in [0.15, 0.2) is 54.6 Å². The van der Waals surface area contributed by atoms with Crippen molar-refractivity contribution in [1.82, 2.24) is 5.32 Å². The third-order valence-corrected chi connectivity index (χ3v) is 4.73. The second kappa shape index (κ2) is 4.95. The van der Waals surface area contributed by atoms with Crippen molar-refractivity contribution in [2.75, 3.05) is 7.05 Å². The SMILES string of the molecule is CNC1C(C)CC1(c1ccccc1)c1ccc(O)cc1. The molecule has 0 spiro atoms. The quantitative estimate of drug-likeness (QED) is 0.894. The van der Waals surface area contributed by atoms with Crippen molar-refractivity contribution in [2.24, 2.45) is 5.92 Å². The Labute approximate surface area is 120 Å². The van der Waals surface area contributed by atoms with E-state index < -0.39 is 0 Å². The van der Waals surface area contributed by atoms with Crippen LogP contribution in [0.25, 0.3) is 0 Å². The predicted octanol–water partition coefficient (Wildman–Crippen LogP) is 3.31. The molecule has 1 saturated carbocycles. The monoisotopic (exact) mass is 267 g/mol. The van der Waals surface area contributed by atoms with Crippen LogP contribution >= 0.6 is 0 Å². The summed E-state index contributed by atoms with van der Waals surface area (Å²) in [5.74, 6) is 0.972. The molecule has 1 aliphatic rings. The highest BCUT2D eigenvalue weighted by atomic mass is 16.3. The molecule has 3 rings (SSSR count). The largest absolute Gasteiger partial charge is 0.508 e. The number of hydrogen-bond donors (Lipinski definition) is 2. The summed E-state index contributed by atoms with van der Waals surface area (Å²) in [5.41, 5.74) is 2.64. The van der Waals surface area contributed by atoms with Gasteiger partial charge in [-0.15, -0.1) is 0 Å². The van der Waals surface area contributed by atoms with E-state index >= 15 is 0 Å². The summed E-state index contributed by atoms with van der Waals surface area (Å²) in [6.07, 6.45) is 1.13. The van der Waals surface area contributed by atoms with Crippen LogP contribution in [0.3, 0.4) is 0 Å². The first-order valence-corrected chi connectivity index (χ1v) is 7.21. The molecule has 3 atom stereocenters. The van der Waals surface area contributed by atoms with Gasteiger partial charge in [0.1, 0.15) is 5.75 Å². The molecule has 0 radical (unpaired) electrons. The van der Waals surface area contributed by atoms with Crippen molar-refractivity contribution in [1.29, 1.82) is 0 Å². The van der Waals surface area contributed by atoms with Gasteiger partial charge in [-0.05, 0) is 42.6 Å². The van der Waals surface area contributed by atoms with Crippen molar-refractivity contribution in [3.8, 4) is 5.75 Å². The second-order valence-electron chi connectivity index (χ2n) is 5.83. The maximum absolute atomic E-state index is 9.54. The summed E-state index contributed by atoms with van der Waals surface area (Å²) in [7, 11) is 2.04. The average Bonchev–Trinajstić information content (AvgIpc) is 2.47. The zero-order valence-corrected chi connectivity index (χ0v) is 12.0. The average molecular weight is 267 g/mol.